The van der Waals surface area contributed by atoms with E-state index < -0.39 is 0 Å². The Balaban J connectivity index is 1.42. The molecule has 1 heterocycles. The van der Waals surface area contributed by atoms with E-state index in [1.165, 1.54) is 22.4 Å². The van der Waals surface area contributed by atoms with E-state index in [2.05, 4.69) is 119 Å². The normalized spacial score (nSPS) is 11.0. The van der Waals surface area contributed by atoms with E-state index >= 15 is 0 Å². The minimum Gasteiger partial charge on any atom is -0.324 e. The highest BCUT2D eigenvalue weighted by atomic mass is 15.1. The smallest absolute Gasteiger partial charge is 0.0449 e. The van der Waals surface area contributed by atoms with Crippen molar-refractivity contribution in [1.82, 2.24) is 9.47 Å². The number of nitrogens with zero attached hydrogens (tertiary/aromatic N) is 2. The average Bonchev–Trinajstić information content (AvgIpc) is 3.29. The number of hydrogen-bond acceptors (Lipinski definition) is 1. The van der Waals surface area contributed by atoms with Gasteiger partial charge in [0.1, 0.15) is 0 Å². The van der Waals surface area contributed by atoms with Gasteiger partial charge < -0.3 is 4.57 Å². The molecule has 0 fully saturated rings. The van der Waals surface area contributed by atoms with Gasteiger partial charge >= 0.3 is 0 Å². The minimum atomic E-state index is 0.969. The molecule has 0 unspecified atom stereocenters. The molecule has 0 amide bonds. The average molecular weight is 367 g/mol. The molecule has 0 aliphatic rings. The maximum atomic E-state index is 2.53. The molecule has 140 valence electrons. The molecule has 4 aromatic rings. The van der Waals surface area contributed by atoms with Crippen LogP contribution < -0.4 is 0 Å². The Kier molecular flexibility index (Phi) is 6.01. The molecule has 0 saturated heterocycles. The SMILES string of the molecule is c1ccc(CN(CCc2ccc(-n3cccc3)cc2)Cc2ccccc2)cc1. The van der Waals surface area contributed by atoms with Crippen molar-refractivity contribution in [3.8, 4) is 5.69 Å². The fraction of sp³-hybridized carbons (Fsp3) is 0.154. The molecule has 0 bridgehead atoms. The van der Waals surface area contributed by atoms with Crippen molar-refractivity contribution in [3.63, 3.8) is 0 Å². The zero-order valence-corrected chi connectivity index (χ0v) is 16.1. The Morgan fingerprint density at radius 1 is 0.536 bits per heavy atom. The van der Waals surface area contributed by atoms with Crippen molar-refractivity contribution in [2.75, 3.05) is 6.54 Å². The summed E-state index contributed by atoms with van der Waals surface area (Å²) in [7, 11) is 0. The van der Waals surface area contributed by atoms with Gasteiger partial charge in [-0.2, -0.15) is 0 Å². The molecule has 3 aromatic carbocycles. The van der Waals surface area contributed by atoms with Gasteiger partial charge in [-0.05, 0) is 47.4 Å². The predicted octanol–water partition coefficient (Wildman–Crippen LogP) is 5.72. The van der Waals surface area contributed by atoms with Crippen LogP contribution in [0.25, 0.3) is 5.69 Å². The third-order valence-electron chi connectivity index (χ3n) is 5.05. The predicted molar refractivity (Wildman–Crippen MR) is 116 cm³/mol. The third-order valence-corrected chi connectivity index (χ3v) is 5.05. The fourth-order valence-corrected chi connectivity index (χ4v) is 3.53. The van der Waals surface area contributed by atoms with Gasteiger partial charge in [0.25, 0.3) is 0 Å². The van der Waals surface area contributed by atoms with E-state index in [0.717, 1.165) is 26.1 Å². The zero-order valence-electron chi connectivity index (χ0n) is 16.1. The first-order valence-corrected chi connectivity index (χ1v) is 9.89. The molecule has 0 aliphatic heterocycles. The van der Waals surface area contributed by atoms with Gasteiger partial charge in [0.05, 0.1) is 0 Å². The fourth-order valence-electron chi connectivity index (χ4n) is 3.53. The summed E-state index contributed by atoms with van der Waals surface area (Å²) < 4.78 is 2.14. The lowest BCUT2D eigenvalue weighted by Crippen LogP contribution is -2.25. The summed E-state index contributed by atoms with van der Waals surface area (Å²) in [5, 5.41) is 0. The number of benzene rings is 3. The molecule has 0 spiro atoms. The Labute approximate surface area is 167 Å². The Hall–Kier alpha value is -3.10. The van der Waals surface area contributed by atoms with Gasteiger partial charge in [-0.3, -0.25) is 4.90 Å². The van der Waals surface area contributed by atoms with Gasteiger partial charge in [-0.1, -0.05) is 72.8 Å². The van der Waals surface area contributed by atoms with Crippen molar-refractivity contribution in [2.24, 2.45) is 0 Å². The topological polar surface area (TPSA) is 8.17 Å². The molecule has 0 saturated carbocycles. The van der Waals surface area contributed by atoms with Crippen LogP contribution >= 0.6 is 0 Å². The van der Waals surface area contributed by atoms with Crippen molar-refractivity contribution in [1.29, 1.82) is 0 Å². The summed E-state index contributed by atoms with van der Waals surface area (Å²) in [6, 6.07) is 34.5. The first-order valence-electron chi connectivity index (χ1n) is 9.89. The summed E-state index contributed by atoms with van der Waals surface area (Å²) in [6.45, 7) is 2.97. The van der Waals surface area contributed by atoms with Crippen LogP contribution in [0.1, 0.15) is 16.7 Å². The summed E-state index contributed by atoms with van der Waals surface area (Å²) in [4.78, 5) is 2.53. The first-order chi connectivity index (χ1) is 13.9. The molecule has 0 radical (unpaired) electrons. The molecule has 0 aliphatic carbocycles. The van der Waals surface area contributed by atoms with Crippen LogP contribution in [-0.4, -0.2) is 16.0 Å². The second kappa shape index (κ2) is 9.20. The van der Waals surface area contributed by atoms with Gasteiger partial charge in [-0.25, -0.2) is 0 Å². The maximum absolute atomic E-state index is 2.53. The molecule has 28 heavy (non-hydrogen) atoms. The first kappa shape index (κ1) is 18.3. The molecule has 4 rings (SSSR count). The van der Waals surface area contributed by atoms with Gasteiger partial charge in [0, 0.05) is 37.7 Å². The van der Waals surface area contributed by atoms with E-state index in [1.807, 2.05) is 0 Å². The van der Waals surface area contributed by atoms with Crippen LogP contribution in [-0.2, 0) is 19.5 Å². The zero-order chi connectivity index (χ0) is 19.0. The molecular weight excluding hydrogens is 340 g/mol. The summed E-state index contributed by atoms with van der Waals surface area (Å²) >= 11 is 0. The molecule has 1 aromatic heterocycles. The van der Waals surface area contributed by atoms with Crippen LogP contribution in [0.3, 0.4) is 0 Å². The van der Waals surface area contributed by atoms with Crippen LogP contribution in [0.4, 0.5) is 0 Å². The monoisotopic (exact) mass is 366 g/mol. The lowest BCUT2D eigenvalue weighted by Gasteiger charge is -2.23. The van der Waals surface area contributed by atoms with E-state index in [-0.39, 0.29) is 0 Å². The molecule has 2 nitrogen and oxygen atoms in total. The second-order valence-electron chi connectivity index (χ2n) is 7.19. The van der Waals surface area contributed by atoms with Gasteiger partial charge in [0.15, 0.2) is 0 Å². The largest absolute Gasteiger partial charge is 0.324 e. The van der Waals surface area contributed by atoms with E-state index in [4.69, 9.17) is 0 Å². The number of rotatable bonds is 8. The summed E-state index contributed by atoms with van der Waals surface area (Å²) in [5.74, 6) is 0. The Bertz CT molecular complexity index is 901. The quantitative estimate of drug-likeness (QED) is 0.387. The van der Waals surface area contributed by atoms with Crippen LogP contribution in [0, 0.1) is 0 Å². The number of aromatic nitrogens is 1. The van der Waals surface area contributed by atoms with Crippen LogP contribution in [0.5, 0.6) is 0 Å². The van der Waals surface area contributed by atoms with Crippen molar-refractivity contribution < 1.29 is 0 Å². The number of hydrogen-bond donors (Lipinski definition) is 0. The van der Waals surface area contributed by atoms with Crippen molar-refractivity contribution >= 4 is 0 Å². The van der Waals surface area contributed by atoms with Crippen LogP contribution in [0.15, 0.2) is 109 Å². The van der Waals surface area contributed by atoms with E-state index in [9.17, 15) is 0 Å². The Morgan fingerprint density at radius 3 is 1.61 bits per heavy atom. The lowest BCUT2D eigenvalue weighted by molar-refractivity contribution is 0.260. The van der Waals surface area contributed by atoms with Gasteiger partial charge in [0.2, 0.25) is 0 Å². The molecule has 2 heteroatoms. The lowest BCUT2D eigenvalue weighted by atomic mass is 10.1. The highest BCUT2D eigenvalue weighted by Crippen LogP contribution is 2.14. The second-order valence-corrected chi connectivity index (χ2v) is 7.19. The molecule has 0 N–H and O–H groups in total. The molecule has 0 atom stereocenters. The van der Waals surface area contributed by atoms with E-state index in [0.29, 0.717) is 0 Å². The highest BCUT2D eigenvalue weighted by molar-refractivity contribution is 5.35. The summed E-state index contributed by atoms with van der Waals surface area (Å²) in [6.07, 6.45) is 5.21. The van der Waals surface area contributed by atoms with Crippen molar-refractivity contribution in [3.05, 3.63) is 126 Å². The highest BCUT2D eigenvalue weighted by Gasteiger charge is 2.08. The van der Waals surface area contributed by atoms with Gasteiger partial charge in [-0.15, -0.1) is 0 Å². The Morgan fingerprint density at radius 2 is 1.07 bits per heavy atom. The van der Waals surface area contributed by atoms with E-state index in [1.54, 1.807) is 0 Å². The summed E-state index contributed by atoms with van der Waals surface area (Å²) in [5.41, 5.74) is 5.31. The minimum absolute atomic E-state index is 0.969. The standard InChI is InChI=1S/C26H26N2/c1-3-9-24(10-4-1)21-27(22-25-11-5-2-6-12-25)20-17-23-13-15-26(16-14-23)28-18-7-8-19-28/h1-16,18-19H,17,20-22H2. The third kappa shape index (κ3) is 4.99. The molecular formula is C26H26N2. The van der Waals surface area contributed by atoms with Crippen LogP contribution in [0.2, 0.25) is 0 Å². The van der Waals surface area contributed by atoms with Crippen molar-refractivity contribution in [2.45, 2.75) is 19.5 Å². The maximum Gasteiger partial charge on any atom is 0.0449 e.